The molecule has 1 N–H and O–H groups in total. The lowest BCUT2D eigenvalue weighted by Crippen LogP contribution is -2.28. The van der Waals surface area contributed by atoms with Gasteiger partial charge in [-0.3, -0.25) is 0 Å². The van der Waals surface area contributed by atoms with Crippen LogP contribution in [0, 0.1) is 0 Å². The lowest BCUT2D eigenvalue weighted by atomic mass is 10.1. The molecular weight excluding hydrogens is 266 g/mol. The van der Waals surface area contributed by atoms with E-state index < -0.39 is 0 Å². The van der Waals surface area contributed by atoms with Crippen LogP contribution >= 0.6 is 15.9 Å². The van der Waals surface area contributed by atoms with E-state index in [1.54, 1.807) is 7.11 Å². The number of benzene rings is 1. The average molecular weight is 286 g/mol. The Morgan fingerprint density at radius 1 is 1.44 bits per heavy atom. The molecule has 1 aromatic carbocycles. The number of nitrogens with one attached hydrogen (secondary N) is 1. The third-order valence-corrected chi connectivity index (χ3v) is 3.12. The second kappa shape index (κ2) is 6.92. The molecule has 0 amide bonds. The fourth-order valence-electron chi connectivity index (χ4n) is 1.65. The molecule has 0 bridgehead atoms. The van der Waals surface area contributed by atoms with E-state index >= 15 is 0 Å². The van der Waals surface area contributed by atoms with E-state index in [9.17, 15) is 0 Å². The maximum Gasteiger partial charge on any atom is 0.133 e. The summed E-state index contributed by atoms with van der Waals surface area (Å²) in [4.78, 5) is 0. The third kappa shape index (κ3) is 4.14. The monoisotopic (exact) mass is 285 g/mol. The summed E-state index contributed by atoms with van der Waals surface area (Å²) >= 11 is 3.50. The van der Waals surface area contributed by atoms with Gasteiger partial charge in [-0.2, -0.15) is 0 Å². The molecule has 16 heavy (non-hydrogen) atoms. The first-order chi connectivity index (χ1) is 7.67. The maximum absolute atomic E-state index is 5.21. The van der Waals surface area contributed by atoms with E-state index in [2.05, 4.69) is 47.2 Å². The van der Waals surface area contributed by atoms with Gasteiger partial charge in [0.1, 0.15) is 5.75 Å². The Morgan fingerprint density at radius 3 is 2.75 bits per heavy atom. The Labute approximate surface area is 107 Å². The van der Waals surface area contributed by atoms with Crippen LogP contribution in [0.25, 0.3) is 0 Å². The zero-order valence-electron chi connectivity index (χ0n) is 10.2. The molecule has 1 unspecified atom stereocenters. The minimum atomic E-state index is 0.514. The van der Waals surface area contributed by atoms with Crippen molar-refractivity contribution < 1.29 is 4.74 Å². The van der Waals surface area contributed by atoms with Crippen molar-refractivity contribution in [3.05, 3.63) is 28.2 Å². The molecule has 2 nitrogen and oxygen atoms in total. The second-order valence-electron chi connectivity index (χ2n) is 4.03. The molecule has 0 saturated heterocycles. The van der Waals surface area contributed by atoms with Crippen LogP contribution in [0.1, 0.15) is 25.8 Å². The van der Waals surface area contributed by atoms with Crippen molar-refractivity contribution in [2.75, 3.05) is 13.7 Å². The first-order valence-corrected chi connectivity index (χ1v) is 6.52. The molecule has 90 valence electrons. The molecule has 0 aliphatic carbocycles. The highest BCUT2D eigenvalue weighted by molar-refractivity contribution is 9.10. The molecule has 1 atom stereocenters. The van der Waals surface area contributed by atoms with Crippen LogP contribution in [-0.4, -0.2) is 19.7 Å². The lowest BCUT2D eigenvalue weighted by Gasteiger charge is -2.14. The van der Waals surface area contributed by atoms with E-state index in [0.717, 1.165) is 23.2 Å². The van der Waals surface area contributed by atoms with Crippen LogP contribution in [0.15, 0.2) is 22.7 Å². The van der Waals surface area contributed by atoms with Gasteiger partial charge in [-0.05, 0) is 59.9 Å². The van der Waals surface area contributed by atoms with Crippen molar-refractivity contribution >= 4 is 15.9 Å². The molecule has 0 radical (unpaired) electrons. The molecule has 0 aromatic heterocycles. The first-order valence-electron chi connectivity index (χ1n) is 5.73. The smallest absolute Gasteiger partial charge is 0.133 e. The average Bonchev–Trinajstić information content (AvgIpc) is 2.26. The summed E-state index contributed by atoms with van der Waals surface area (Å²) in [6, 6.07) is 6.77. The summed E-state index contributed by atoms with van der Waals surface area (Å²) in [5.41, 5.74) is 1.32. The predicted octanol–water partition coefficient (Wildman–Crippen LogP) is 3.39. The van der Waals surface area contributed by atoms with Gasteiger partial charge in [0, 0.05) is 6.04 Å². The standard InChI is InChI=1S/C13H20BrNO/c1-4-7-15-10(2)8-11-5-6-13(16-3)12(14)9-11/h5-6,9-10,15H,4,7-8H2,1-3H3. The maximum atomic E-state index is 5.21. The Kier molecular flexibility index (Phi) is 5.85. The lowest BCUT2D eigenvalue weighted by molar-refractivity contribution is 0.412. The van der Waals surface area contributed by atoms with Crippen LogP contribution in [0.4, 0.5) is 0 Å². The highest BCUT2D eigenvalue weighted by Gasteiger charge is 2.05. The van der Waals surface area contributed by atoms with Gasteiger partial charge in [0.2, 0.25) is 0 Å². The topological polar surface area (TPSA) is 21.3 Å². The van der Waals surface area contributed by atoms with E-state index in [1.807, 2.05) is 6.07 Å². The summed E-state index contributed by atoms with van der Waals surface area (Å²) in [6.07, 6.45) is 2.22. The van der Waals surface area contributed by atoms with Gasteiger partial charge in [-0.1, -0.05) is 13.0 Å². The summed E-state index contributed by atoms with van der Waals surface area (Å²) in [5, 5.41) is 3.48. The molecule has 0 aliphatic heterocycles. The fourth-order valence-corrected chi connectivity index (χ4v) is 2.24. The Bertz CT molecular complexity index is 328. The van der Waals surface area contributed by atoms with Gasteiger partial charge < -0.3 is 10.1 Å². The van der Waals surface area contributed by atoms with E-state index in [0.29, 0.717) is 6.04 Å². The SMILES string of the molecule is CCCNC(C)Cc1ccc(OC)c(Br)c1. The Balaban J connectivity index is 2.57. The molecule has 3 heteroatoms. The summed E-state index contributed by atoms with van der Waals surface area (Å²) < 4.78 is 6.23. The zero-order chi connectivity index (χ0) is 12.0. The molecule has 0 fully saturated rings. The van der Waals surface area contributed by atoms with Crippen molar-refractivity contribution in [2.45, 2.75) is 32.7 Å². The van der Waals surface area contributed by atoms with Gasteiger partial charge >= 0.3 is 0 Å². The van der Waals surface area contributed by atoms with Gasteiger partial charge in [0.15, 0.2) is 0 Å². The Hall–Kier alpha value is -0.540. The molecule has 0 saturated carbocycles. The minimum Gasteiger partial charge on any atom is -0.496 e. The number of hydrogen-bond donors (Lipinski definition) is 1. The number of hydrogen-bond acceptors (Lipinski definition) is 2. The molecule has 0 aliphatic rings. The Morgan fingerprint density at radius 2 is 2.19 bits per heavy atom. The fraction of sp³-hybridized carbons (Fsp3) is 0.538. The van der Waals surface area contributed by atoms with Crippen molar-refractivity contribution in [3.8, 4) is 5.75 Å². The van der Waals surface area contributed by atoms with Crippen molar-refractivity contribution in [1.82, 2.24) is 5.32 Å². The third-order valence-electron chi connectivity index (χ3n) is 2.50. The normalized spacial score (nSPS) is 12.5. The number of methoxy groups -OCH3 is 1. The van der Waals surface area contributed by atoms with Crippen molar-refractivity contribution in [2.24, 2.45) is 0 Å². The van der Waals surface area contributed by atoms with E-state index in [4.69, 9.17) is 4.74 Å². The molecule has 1 rings (SSSR count). The summed E-state index contributed by atoms with van der Waals surface area (Å²) in [5.74, 6) is 0.887. The highest BCUT2D eigenvalue weighted by atomic mass is 79.9. The van der Waals surface area contributed by atoms with Crippen molar-refractivity contribution in [1.29, 1.82) is 0 Å². The summed E-state index contributed by atoms with van der Waals surface area (Å²) in [6.45, 7) is 5.48. The molecule has 0 spiro atoms. The molecule has 0 heterocycles. The van der Waals surface area contributed by atoms with Gasteiger partial charge in [0.05, 0.1) is 11.6 Å². The predicted molar refractivity (Wildman–Crippen MR) is 72.2 cm³/mol. The van der Waals surface area contributed by atoms with Crippen LogP contribution in [0.5, 0.6) is 5.75 Å². The van der Waals surface area contributed by atoms with E-state index in [-0.39, 0.29) is 0 Å². The van der Waals surface area contributed by atoms with Gasteiger partial charge in [-0.25, -0.2) is 0 Å². The van der Waals surface area contributed by atoms with Crippen LogP contribution in [0.3, 0.4) is 0 Å². The second-order valence-corrected chi connectivity index (χ2v) is 4.88. The minimum absolute atomic E-state index is 0.514. The zero-order valence-corrected chi connectivity index (χ0v) is 11.8. The van der Waals surface area contributed by atoms with Crippen molar-refractivity contribution in [3.63, 3.8) is 0 Å². The largest absolute Gasteiger partial charge is 0.496 e. The highest BCUT2D eigenvalue weighted by Crippen LogP contribution is 2.25. The number of halogens is 1. The van der Waals surface area contributed by atoms with E-state index in [1.165, 1.54) is 12.0 Å². The quantitative estimate of drug-likeness (QED) is 0.865. The van der Waals surface area contributed by atoms with Crippen LogP contribution in [0.2, 0.25) is 0 Å². The van der Waals surface area contributed by atoms with Crippen LogP contribution < -0.4 is 10.1 Å². The molecular formula is C13H20BrNO. The summed E-state index contributed by atoms with van der Waals surface area (Å²) in [7, 11) is 1.69. The number of ether oxygens (including phenoxy) is 1. The van der Waals surface area contributed by atoms with Gasteiger partial charge in [-0.15, -0.1) is 0 Å². The van der Waals surface area contributed by atoms with Crippen LogP contribution in [-0.2, 0) is 6.42 Å². The number of rotatable bonds is 6. The van der Waals surface area contributed by atoms with Gasteiger partial charge in [0.25, 0.3) is 0 Å². The molecule has 1 aromatic rings. The first kappa shape index (κ1) is 13.5.